The Balaban J connectivity index is 1.74. The summed E-state index contributed by atoms with van der Waals surface area (Å²) in [7, 11) is 0. The highest BCUT2D eigenvalue weighted by Crippen LogP contribution is 2.39. The lowest BCUT2D eigenvalue weighted by Gasteiger charge is -2.31. The second-order valence-corrected chi connectivity index (χ2v) is 6.62. The quantitative estimate of drug-likeness (QED) is 0.789. The number of benzene rings is 1. The van der Waals surface area contributed by atoms with Crippen LogP contribution in [0.25, 0.3) is 11.0 Å². The zero-order valence-electron chi connectivity index (χ0n) is 12.9. The van der Waals surface area contributed by atoms with E-state index in [2.05, 4.69) is 4.90 Å². The van der Waals surface area contributed by atoms with Gasteiger partial charge in [-0.25, -0.2) is 4.79 Å². The van der Waals surface area contributed by atoms with Crippen molar-refractivity contribution in [3.05, 3.63) is 38.7 Å². The fraction of sp³-hybridized carbons (Fsp3) is 0.471. The Kier molecular flexibility index (Phi) is 3.79. The highest BCUT2D eigenvalue weighted by atomic mass is 35.5. The zero-order valence-corrected chi connectivity index (χ0v) is 13.7. The van der Waals surface area contributed by atoms with E-state index in [0.717, 1.165) is 42.5 Å². The molecule has 4 rings (SSSR count). The van der Waals surface area contributed by atoms with Gasteiger partial charge in [0.25, 0.3) is 0 Å². The van der Waals surface area contributed by atoms with Gasteiger partial charge in [0.2, 0.25) is 0 Å². The van der Waals surface area contributed by atoms with Gasteiger partial charge in [-0.15, -0.1) is 0 Å². The molecule has 0 bridgehead atoms. The van der Waals surface area contributed by atoms with Crippen LogP contribution in [0.15, 0.2) is 21.3 Å². The third kappa shape index (κ3) is 2.73. The van der Waals surface area contributed by atoms with E-state index in [1.807, 2.05) is 13.0 Å². The van der Waals surface area contributed by atoms with Crippen LogP contribution in [-0.2, 0) is 11.3 Å². The maximum absolute atomic E-state index is 11.8. The molecule has 0 saturated carbocycles. The van der Waals surface area contributed by atoms with Gasteiger partial charge in [-0.3, -0.25) is 4.90 Å². The Hall–Kier alpha value is -1.56. The number of hydrogen-bond donors (Lipinski definition) is 0. The van der Waals surface area contributed by atoms with Crippen LogP contribution in [0.3, 0.4) is 0 Å². The van der Waals surface area contributed by atoms with Crippen LogP contribution < -0.4 is 10.4 Å². The van der Waals surface area contributed by atoms with Crippen molar-refractivity contribution < 1.29 is 13.9 Å². The lowest BCUT2D eigenvalue weighted by Crippen LogP contribution is -2.37. The van der Waals surface area contributed by atoms with Gasteiger partial charge in [-0.05, 0) is 31.4 Å². The van der Waals surface area contributed by atoms with Crippen LogP contribution in [0, 0.1) is 6.92 Å². The van der Waals surface area contributed by atoms with Gasteiger partial charge < -0.3 is 13.9 Å². The molecule has 2 aromatic rings. The maximum Gasteiger partial charge on any atom is 0.336 e. The van der Waals surface area contributed by atoms with E-state index in [9.17, 15) is 4.79 Å². The molecule has 0 unspecified atom stereocenters. The molecule has 23 heavy (non-hydrogen) atoms. The molecule has 0 spiro atoms. The second kappa shape index (κ2) is 5.82. The van der Waals surface area contributed by atoms with Crippen molar-refractivity contribution in [1.82, 2.24) is 4.90 Å². The molecule has 0 N–H and O–H groups in total. The topological polar surface area (TPSA) is 51.9 Å². The van der Waals surface area contributed by atoms with Gasteiger partial charge in [0.15, 0.2) is 0 Å². The Bertz CT molecular complexity index is 810. The van der Waals surface area contributed by atoms with Gasteiger partial charge in [-0.1, -0.05) is 11.6 Å². The van der Waals surface area contributed by atoms with Crippen molar-refractivity contribution >= 4 is 22.6 Å². The molecule has 1 aromatic carbocycles. The summed E-state index contributed by atoms with van der Waals surface area (Å²) in [4.78, 5) is 13.9. The molecule has 2 aliphatic rings. The average Bonchev–Trinajstić information content (AvgIpc) is 3.02. The lowest BCUT2D eigenvalue weighted by molar-refractivity contribution is 0.0281. The summed E-state index contributed by atoms with van der Waals surface area (Å²) in [6.45, 7) is 4.63. The van der Waals surface area contributed by atoms with E-state index in [1.54, 1.807) is 0 Å². The van der Waals surface area contributed by atoms with Crippen molar-refractivity contribution in [2.75, 3.05) is 19.9 Å². The summed E-state index contributed by atoms with van der Waals surface area (Å²) in [6, 6.07) is 3.29. The van der Waals surface area contributed by atoms with E-state index in [4.69, 9.17) is 25.5 Å². The summed E-state index contributed by atoms with van der Waals surface area (Å²) >= 11 is 6.36. The fourth-order valence-electron chi connectivity index (χ4n) is 3.38. The van der Waals surface area contributed by atoms with Crippen LogP contribution in [0.2, 0.25) is 5.02 Å². The lowest BCUT2D eigenvalue weighted by atomic mass is 10.0. The minimum Gasteiger partial charge on any atom is -0.476 e. The molecule has 2 aliphatic heterocycles. The minimum atomic E-state index is -0.351. The molecule has 0 amide bonds. The van der Waals surface area contributed by atoms with Crippen molar-refractivity contribution in [1.29, 1.82) is 0 Å². The standard InChI is InChI=1S/C17H18ClNO4/c1-10-5-15(20)23-16-12(10)6-14(18)17-13(16)8-19(9-22-17)7-11-3-2-4-21-11/h5-6,11H,2-4,7-9H2,1H3/t11-/m1/s1. The predicted molar refractivity (Wildman–Crippen MR) is 87.1 cm³/mol. The molecule has 0 aliphatic carbocycles. The van der Waals surface area contributed by atoms with E-state index in [-0.39, 0.29) is 11.7 Å². The molecule has 6 heteroatoms. The van der Waals surface area contributed by atoms with Crippen molar-refractivity contribution in [2.24, 2.45) is 0 Å². The fourth-order valence-corrected chi connectivity index (χ4v) is 3.66. The first-order valence-electron chi connectivity index (χ1n) is 7.84. The average molecular weight is 336 g/mol. The van der Waals surface area contributed by atoms with Gasteiger partial charge >= 0.3 is 5.63 Å². The SMILES string of the molecule is Cc1cc(=O)oc2c3c(c(Cl)cc12)OCN(C[C@H]1CCCO1)C3. The maximum atomic E-state index is 11.8. The molecule has 122 valence electrons. The van der Waals surface area contributed by atoms with Crippen LogP contribution in [-0.4, -0.2) is 30.9 Å². The number of hydrogen-bond acceptors (Lipinski definition) is 5. The van der Waals surface area contributed by atoms with Gasteiger partial charge in [0, 0.05) is 31.1 Å². The third-order valence-electron chi connectivity index (χ3n) is 4.50. The number of rotatable bonds is 2. The van der Waals surface area contributed by atoms with Crippen molar-refractivity contribution in [3.63, 3.8) is 0 Å². The summed E-state index contributed by atoms with van der Waals surface area (Å²) in [5.74, 6) is 0.622. The first-order chi connectivity index (χ1) is 11.1. The molecule has 0 radical (unpaired) electrons. The smallest absolute Gasteiger partial charge is 0.336 e. The van der Waals surface area contributed by atoms with Crippen LogP contribution in [0.4, 0.5) is 0 Å². The molecule has 1 atom stereocenters. The van der Waals surface area contributed by atoms with Crippen LogP contribution in [0.1, 0.15) is 24.0 Å². The van der Waals surface area contributed by atoms with Crippen molar-refractivity contribution in [3.8, 4) is 5.75 Å². The molecule has 1 saturated heterocycles. The minimum absolute atomic E-state index is 0.249. The summed E-state index contributed by atoms with van der Waals surface area (Å²) in [5, 5.41) is 1.41. The second-order valence-electron chi connectivity index (χ2n) is 6.21. The van der Waals surface area contributed by atoms with Crippen LogP contribution in [0.5, 0.6) is 5.75 Å². The molecular formula is C17H18ClNO4. The first-order valence-corrected chi connectivity index (χ1v) is 8.22. The Morgan fingerprint density at radius 3 is 3.04 bits per heavy atom. The van der Waals surface area contributed by atoms with E-state index in [1.165, 1.54) is 6.07 Å². The molecule has 1 aromatic heterocycles. The molecule has 1 fully saturated rings. The highest BCUT2D eigenvalue weighted by molar-refractivity contribution is 6.33. The van der Waals surface area contributed by atoms with Crippen molar-refractivity contribution in [2.45, 2.75) is 32.4 Å². The number of ether oxygens (including phenoxy) is 2. The number of nitrogens with zero attached hydrogens (tertiary/aromatic N) is 1. The Morgan fingerprint density at radius 1 is 1.39 bits per heavy atom. The molecule has 5 nitrogen and oxygen atoms in total. The van der Waals surface area contributed by atoms with Gasteiger partial charge in [-0.2, -0.15) is 0 Å². The third-order valence-corrected chi connectivity index (χ3v) is 4.78. The zero-order chi connectivity index (χ0) is 16.0. The molecular weight excluding hydrogens is 318 g/mol. The Morgan fingerprint density at radius 2 is 2.26 bits per heavy atom. The van der Waals surface area contributed by atoms with Gasteiger partial charge in [0.1, 0.15) is 18.1 Å². The number of fused-ring (bicyclic) bond motifs is 3. The predicted octanol–water partition coefficient (Wildman–Crippen LogP) is 3.09. The normalized spacial score (nSPS) is 21.4. The number of aryl methyl sites for hydroxylation is 1. The van der Waals surface area contributed by atoms with E-state index < -0.39 is 0 Å². The van der Waals surface area contributed by atoms with Crippen LogP contribution >= 0.6 is 11.6 Å². The monoisotopic (exact) mass is 335 g/mol. The molecule has 3 heterocycles. The van der Waals surface area contributed by atoms with Gasteiger partial charge in [0.05, 0.1) is 16.7 Å². The largest absolute Gasteiger partial charge is 0.476 e. The summed E-state index contributed by atoms with van der Waals surface area (Å²) < 4.78 is 17.0. The summed E-state index contributed by atoms with van der Waals surface area (Å²) in [6.07, 6.45) is 2.44. The first kappa shape index (κ1) is 15.0. The van der Waals surface area contributed by atoms with E-state index in [0.29, 0.717) is 29.6 Å². The highest BCUT2D eigenvalue weighted by Gasteiger charge is 2.27. The van der Waals surface area contributed by atoms with E-state index >= 15 is 0 Å². The number of halogens is 1. The Labute approximate surface area is 138 Å². The summed E-state index contributed by atoms with van der Waals surface area (Å²) in [5.41, 5.74) is 1.93.